The topological polar surface area (TPSA) is 137 Å². The van der Waals surface area contributed by atoms with E-state index < -0.39 is 11.2 Å². The maximum atomic E-state index is 12.3. The van der Waals surface area contributed by atoms with Gasteiger partial charge in [-0.3, -0.25) is 9.78 Å². The van der Waals surface area contributed by atoms with Crippen molar-refractivity contribution in [2.75, 3.05) is 52.3 Å². The minimum atomic E-state index is -0.493. The number of likely N-dealkylation sites (tertiary alicyclic amines) is 2. The standard InChI is InChI=1S/C24H36N2O4.C24H30N2O4.2CH4/c2*1-24(2,3)30-23(28)26-11-9-17(10-12-26)13-19(15-22(27)29-4)20-14-18-7-5-6-8-21(18)25-16-20;;/h5-8,17,19-20,25H,9-16H2,1-4H3;5-8,14-17H,9-13H2,1-4H3;2*1H4/b;19-15-;;. The van der Waals surface area contributed by atoms with Crippen molar-refractivity contribution >= 4 is 46.3 Å². The summed E-state index contributed by atoms with van der Waals surface area (Å²) in [6.45, 7) is 14.9. The molecule has 2 aromatic carbocycles. The molecule has 0 radical (unpaired) electrons. The molecule has 0 spiro atoms. The number of fused-ring (bicyclic) bond motifs is 2. The Hall–Kier alpha value is -5.13. The molecule has 3 aromatic rings. The van der Waals surface area contributed by atoms with Crippen LogP contribution >= 0.6 is 0 Å². The summed E-state index contributed by atoms with van der Waals surface area (Å²) in [5.41, 5.74) is 4.32. The molecule has 62 heavy (non-hydrogen) atoms. The third-order valence-electron chi connectivity index (χ3n) is 11.5. The van der Waals surface area contributed by atoms with Crippen molar-refractivity contribution in [2.24, 2.45) is 23.7 Å². The number of carbonyl (C=O) groups excluding carboxylic acids is 4. The fourth-order valence-electron chi connectivity index (χ4n) is 8.31. The first-order valence-electron chi connectivity index (χ1n) is 21.5. The molecule has 2 fully saturated rings. The number of methoxy groups -OCH3 is 2. The normalized spacial score (nSPS) is 17.7. The Balaban J connectivity index is 0.000000320. The van der Waals surface area contributed by atoms with Crippen molar-refractivity contribution in [3.63, 3.8) is 0 Å². The molecular weight excluding hydrogens is 785 g/mol. The fraction of sp³-hybridized carbons (Fsp3) is 0.580. The van der Waals surface area contributed by atoms with E-state index in [1.54, 1.807) is 11.0 Å². The molecule has 0 aliphatic carbocycles. The lowest BCUT2D eigenvalue weighted by Gasteiger charge is -2.37. The van der Waals surface area contributed by atoms with Crippen LogP contribution in [0.3, 0.4) is 0 Å². The van der Waals surface area contributed by atoms with Crippen LogP contribution in [-0.4, -0.2) is 97.1 Å². The van der Waals surface area contributed by atoms with E-state index in [4.69, 9.17) is 18.9 Å². The van der Waals surface area contributed by atoms with Gasteiger partial charge in [0.1, 0.15) is 11.2 Å². The Labute approximate surface area is 371 Å². The fourth-order valence-corrected chi connectivity index (χ4v) is 8.31. The summed E-state index contributed by atoms with van der Waals surface area (Å²) < 4.78 is 20.8. The monoisotopic (exact) mass is 859 g/mol. The van der Waals surface area contributed by atoms with Crippen molar-refractivity contribution in [1.29, 1.82) is 0 Å². The molecule has 12 nitrogen and oxygen atoms in total. The average molecular weight is 859 g/mol. The first kappa shape index (κ1) is 51.2. The highest BCUT2D eigenvalue weighted by Gasteiger charge is 2.33. The molecule has 2 saturated heterocycles. The van der Waals surface area contributed by atoms with E-state index in [9.17, 15) is 19.2 Å². The number of nitrogens with zero attached hydrogens (tertiary/aromatic N) is 3. The first-order valence-corrected chi connectivity index (χ1v) is 21.5. The summed E-state index contributed by atoms with van der Waals surface area (Å²) >= 11 is 0. The number of carbonyl (C=O) groups is 4. The van der Waals surface area contributed by atoms with Crippen LogP contribution in [-0.2, 0) is 35.0 Å². The van der Waals surface area contributed by atoms with Gasteiger partial charge >= 0.3 is 24.1 Å². The molecule has 2 unspecified atom stereocenters. The molecule has 6 rings (SSSR count). The van der Waals surface area contributed by atoms with E-state index in [2.05, 4.69) is 40.6 Å². The van der Waals surface area contributed by atoms with Gasteiger partial charge in [-0.2, -0.15) is 0 Å². The van der Waals surface area contributed by atoms with E-state index in [1.807, 2.05) is 76.9 Å². The summed E-state index contributed by atoms with van der Waals surface area (Å²) in [5, 5.41) is 4.58. The molecule has 3 aliphatic rings. The Bertz CT molecular complexity index is 1950. The van der Waals surface area contributed by atoms with Crippen LogP contribution in [0.2, 0.25) is 0 Å². The van der Waals surface area contributed by atoms with Crippen LogP contribution in [0.5, 0.6) is 0 Å². The molecular formula is C50H74N4O8. The van der Waals surface area contributed by atoms with Crippen molar-refractivity contribution in [3.05, 3.63) is 78.0 Å². The van der Waals surface area contributed by atoms with Gasteiger partial charge in [-0.05, 0) is 145 Å². The lowest BCUT2D eigenvalue weighted by atomic mass is 9.75. The zero-order chi connectivity index (χ0) is 43.5. The Morgan fingerprint density at radius 3 is 1.94 bits per heavy atom. The number of aromatic nitrogens is 1. The van der Waals surface area contributed by atoms with E-state index >= 15 is 0 Å². The number of anilines is 1. The molecule has 2 atom stereocenters. The van der Waals surface area contributed by atoms with Gasteiger partial charge in [0.25, 0.3) is 0 Å². The zero-order valence-corrected chi connectivity index (χ0v) is 37.0. The van der Waals surface area contributed by atoms with Crippen molar-refractivity contribution in [1.82, 2.24) is 14.8 Å². The summed E-state index contributed by atoms with van der Waals surface area (Å²) in [6.07, 6.45) is 9.69. The van der Waals surface area contributed by atoms with Gasteiger partial charge in [0.05, 0.1) is 19.7 Å². The molecule has 2 amide bonds. The number of nitrogens with one attached hydrogen (secondary N) is 1. The SMILES string of the molecule is C.C.COC(=O)/C=C(/CC1CCN(C(=O)OC(C)(C)C)CC1)c1cnc2ccccc2c1.COC(=O)CC(CC1CCN(C(=O)OC(C)(C)C)CC1)C1CNc2ccccc2C1. The second-order valence-corrected chi connectivity index (χ2v) is 18.4. The van der Waals surface area contributed by atoms with E-state index in [-0.39, 0.29) is 44.9 Å². The number of rotatable bonds is 9. The number of allylic oxidation sites excluding steroid dienone is 1. The van der Waals surface area contributed by atoms with Gasteiger partial charge in [-0.15, -0.1) is 0 Å². The van der Waals surface area contributed by atoms with E-state index in [0.29, 0.717) is 37.3 Å². The highest BCUT2D eigenvalue weighted by atomic mass is 16.6. The van der Waals surface area contributed by atoms with Crippen molar-refractivity contribution < 1.29 is 38.1 Å². The Morgan fingerprint density at radius 1 is 0.790 bits per heavy atom. The number of hydrogen-bond acceptors (Lipinski definition) is 10. The van der Waals surface area contributed by atoms with Gasteiger partial charge in [0.15, 0.2) is 0 Å². The van der Waals surface area contributed by atoms with Gasteiger partial charge < -0.3 is 34.1 Å². The summed E-state index contributed by atoms with van der Waals surface area (Å²) in [6, 6.07) is 18.4. The van der Waals surface area contributed by atoms with Crippen molar-refractivity contribution in [2.45, 2.75) is 119 Å². The quantitative estimate of drug-likeness (QED) is 0.126. The van der Waals surface area contributed by atoms with Gasteiger partial charge in [0.2, 0.25) is 0 Å². The van der Waals surface area contributed by atoms with Crippen LogP contribution in [0.15, 0.2) is 66.9 Å². The highest BCUT2D eigenvalue weighted by Crippen LogP contribution is 2.36. The number of pyridine rings is 1. The van der Waals surface area contributed by atoms with Gasteiger partial charge in [-0.25, -0.2) is 14.4 Å². The number of para-hydroxylation sites is 2. The first-order chi connectivity index (χ1) is 28.5. The number of piperidine rings is 2. The summed E-state index contributed by atoms with van der Waals surface area (Å²) in [4.78, 5) is 56.8. The third-order valence-corrected chi connectivity index (χ3v) is 11.5. The predicted octanol–water partition coefficient (Wildman–Crippen LogP) is 10.6. The molecule has 12 heteroatoms. The molecule has 0 bridgehead atoms. The average Bonchev–Trinajstić information content (AvgIpc) is 3.22. The minimum Gasteiger partial charge on any atom is -0.469 e. The lowest BCUT2D eigenvalue weighted by Crippen LogP contribution is -2.42. The molecule has 342 valence electrons. The van der Waals surface area contributed by atoms with Gasteiger partial charge in [0, 0.05) is 62.5 Å². The second kappa shape index (κ2) is 23.4. The van der Waals surface area contributed by atoms with Crippen LogP contribution in [0.4, 0.5) is 15.3 Å². The lowest BCUT2D eigenvalue weighted by molar-refractivity contribution is -0.142. The molecule has 1 N–H and O–H groups in total. The maximum absolute atomic E-state index is 12.3. The van der Waals surface area contributed by atoms with Crippen LogP contribution in [0.25, 0.3) is 16.5 Å². The van der Waals surface area contributed by atoms with Crippen LogP contribution in [0.1, 0.15) is 112 Å². The Kier molecular flexibility index (Phi) is 19.3. The van der Waals surface area contributed by atoms with Crippen molar-refractivity contribution in [3.8, 4) is 0 Å². The molecule has 3 aliphatic heterocycles. The smallest absolute Gasteiger partial charge is 0.410 e. The number of ether oxygens (including phenoxy) is 4. The maximum Gasteiger partial charge on any atom is 0.410 e. The molecule has 1 aromatic heterocycles. The number of amides is 2. The Morgan fingerprint density at radius 2 is 1.35 bits per heavy atom. The molecule has 0 saturated carbocycles. The zero-order valence-electron chi connectivity index (χ0n) is 37.0. The highest BCUT2D eigenvalue weighted by molar-refractivity contribution is 5.93. The predicted molar refractivity (Wildman–Crippen MR) is 248 cm³/mol. The number of benzene rings is 2. The minimum absolute atomic E-state index is 0. The largest absolute Gasteiger partial charge is 0.469 e. The number of esters is 2. The summed E-state index contributed by atoms with van der Waals surface area (Å²) in [5.74, 6) is 1.05. The van der Waals surface area contributed by atoms with Crippen LogP contribution in [0, 0.1) is 23.7 Å². The second-order valence-electron chi connectivity index (χ2n) is 18.4. The number of hydrogen-bond donors (Lipinski definition) is 1. The summed E-state index contributed by atoms with van der Waals surface area (Å²) in [7, 11) is 2.85. The van der Waals surface area contributed by atoms with Crippen LogP contribution < -0.4 is 5.32 Å². The van der Waals surface area contributed by atoms with E-state index in [0.717, 1.165) is 86.6 Å². The third kappa shape index (κ3) is 15.6. The molecule has 4 heterocycles. The van der Waals surface area contributed by atoms with E-state index in [1.165, 1.54) is 25.5 Å². The van der Waals surface area contributed by atoms with Gasteiger partial charge in [-0.1, -0.05) is 51.3 Å².